The second-order valence-electron chi connectivity index (χ2n) is 7.47. The van der Waals surface area contributed by atoms with Gasteiger partial charge in [0.1, 0.15) is 5.75 Å². The zero-order valence-electron chi connectivity index (χ0n) is 17.1. The number of H-pyrrole nitrogens is 1. The Labute approximate surface area is 182 Å². The predicted octanol–water partition coefficient (Wildman–Crippen LogP) is 4.54. The number of carboxylic acid groups (broad SMARTS) is 1. The number of hydrogen-bond acceptors (Lipinski definition) is 5. The van der Waals surface area contributed by atoms with Crippen molar-refractivity contribution >= 4 is 28.5 Å². The zero-order chi connectivity index (χ0) is 22.2. The monoisotopic (exact) mass is 429 g/mol. The number of aromatic carboxylic acids is 1. The van der Waals surface area contributed by atoms with Gasteiger partial charge in [0.05, 0.1) is 12.7 Å². The van der Waals surface area contributed by atoms with E-state index in [0.717, 1.165) is 11.1 Å². The number of anilines is 1. The molecule has 1 amide bonds. The molecule has 1 atom stereocenters. The Balaban J connectivity index is 1.52. The number of carboxylic acids is 1. The Kier molecular flexibility index (Phi) is 4.74. The lowest BCUT2D eigenvalue weighted by molar-refractivity contribution is -0.116. The summed E-state index contributed by atoms with van der Waals surface area (Å²) >= 11 is 0. The average molecular weight is 429 g/mol. The third kappa shape index (κ3) is 3.31. The number of rotatable bonds is 5. The maximum Gasteiger partial charge on any atom is 0.336 e. The predicted molar refractivity (Wildman–Crippen MR) is 118 cm³/mol. The highest BCUT2D eigenvalue weighted by Gasteiger charge is 2.29. The normalized spacial score (nSPS) is 15.2. The summed E-state index contributed by atoms with van der Waals surface area (Å²) in [5, 5.41) is 20.4. The van der Waals surface area contributed by atoms with Gasteiger partial charge in [-0.25, -0.2) is 4.79 Å². The Morgan fingerprint density at radius 1 is 1.06 bits per heavy atom. The van der Waals surface area contributed by atoms with Crippen LogP contribution in [0.15, 0.2) is 60.8 Å². The van der Waals surface area contributed by atoms with Crippen molar-refractivity contribution in [2.24, 2.45) is 0 Å². The van der Waals surface area contributed by atoms with Gasteiger partial charge in [0.25, 0.3) is 0 Å². The quantitative estimate of drug-likeness (QED) is 0.429. The third-order valence-corrected chi connectivity index (χ3v) is 5.62. The zero-order valence-corrected chi connectivity index (χ0v) is 17.1. The highest BCUT2D eigenvalue weighted by Crippen LogP contribution is 2.41. The lowest BCUT2D eigenvalue weighted by atomic mass is 9.87. The van der Waals surface area contributed by atoms with E-state index in [0.29, 0.717) is 40.3 Å². The van der Waals surface area contributed by atoms with Gasteiger partial charge in [0.2, 0.25) is 5.91 Å². The van der Waals surface area contributed by atoms with Gasteiger partial charge < -0.3 is 19.9 Å². The number of fused-ring (bicyclic) bond motifs is 2. The van der Waals surface area contributed by atoms with E-state index in [1.165, 1.54) is 6.07 Å². The number of benzene rings is 3. The van der Waals surface area contributed by atoms with Crippen molar-refractivity contribution in [3.8, 4) is 17.2 Å². The summed E-state index contributed by atoms with van der Waals surface area (Å²) in [5.74, 6) is 0.795. The molecule has 0 aliphatic carbocycles. The summed E-state index contributed by atoms with van der Waals surface area (Å²) in [4.78, 5) is 23.7. The Hall–Kier alpha value is -4.33. The molecule has 2 heterocycles. The van der Waals surface area contributed by atoms with Crippen LogP contribution in [0.25, 0.3) is 10.8 Å². The summed E-state index contributed by atoms with van der Waals surface area (Å²) in [6, 6.07) is 15.9. The molecule has 8 nitrogen and oxygen atoms in total. The molecule has 1 unspecified atom stereocenters. The van der Waals surface area contributed by atoms with Crippen LogP contribution in [0.2, 0.25) is 0 Å². The molecular formula is C24H19N3O5. The van der Waals surface area contributed by atoms with E-state index in [-0.39, 0.29) is 17.4 Å². The standard InChI is InChI=1S/C24H19N3O5/c1-31-21-10-13(17-11-22(28)26-23-18(17)12-25-27-23)6-8-20(21)32-19-9-7-16(24(29)30)14-4-2-3-5-15(14)19/h2-10,12,17H,11H2,1H3,(H,29,30)(H2,25,26,27,28). The van der Waals surface area contributed by atoms with Gasteiger partial charge in [-0.3, -0.25) is 9.89 Å². The van der Waals surface area contributed by atoms with Gasteiger partial charge in [0.15, 0.2) is 17.3 Å². The van der Waals surface area contributed by atoms with Gasteiger partial charge in [-0.1, -0.05) is 30.3 Å². The van der Waals surface area contributed by atoms with E-state index in [1.807, 2.05) is 24.3 Å². The first-order valence-electron chi connectivity index (χ1n) is 9.99. The molecule has 5 rings (SSSR count). The summed E-state index contributed by atoms with van der Waals surface area (Å²) in [6.45, 7) is 0. The molecule has 4 aromatic rings. The Morgan fingerprint density at radius 2 is 1.84 bits per heavy atom. The molecule has 32 heavy (non-hydrogen) atoms. The van der Waals surface area contributed by atoms with Crippen LogP contribution in [0.5, 0.6) is 17.2 Å². The maximum absolute atomic E-state index is 12.1. The number of methoxy groups -OCH3 is 1. The number of ether oxygens (including phenoxy) is 2. The van der Waals surface area contributed by atoms with Crippen molar-refractivity contribution < 1.29 is 24.2 Å². The van der Waals surface area contributed by atoms with E-state index in [1.54, 1.807) is 37.6 Å². The van der Waals surface area contributed by atoms with Crippen LogP contribution in [0.4, 0.5) is 5.82 Å². The topological polar surface area (TPSA) is 114 Å². The van der Waals surface area contributed by atoms with Crippen LogP contribution < -0.4 is 14.8 Å². The van der Waals surface area contributed by atoms with Crippen LogP contribution in [0.3, 0.4) is 0 Å². The minimum atomic E-state index is -0.996. The van der Waals surface area contributed by atoms with Crippen molar-refractivity contribution in [1.29, 1.82) is 0 Å². The number of amides is 1. The largest absolute Gasteiger partial charge is 0.493 e. The van der Waals surface area contributed by atoms with Gasteiger partial charge in [-0.05, 0) is 35.2 Å². The lowest BCUT2D eigenvalue weighted by Gasteiger charge is -2.23. The molecule has 8 heteroatoms. The number of carbonyl (C=O) groups excluding carboxylic acids is 1. The summed E-state index contributed by atoms with van der Waals surface area (Å²) in [6.07, 6.45) is 2.09. The fourth-order valence-corrected chi connectivity index (χ4v) is 4.09. The maximum atomic E-state index is 12.1. The second-order valence-corrected chi connectivity index (χ2v) is 7.47. The molecule has 160 valence electrons. The van der Waals surface area contributed by atoms with Crippen LogP contribution in [0.1, 0.15) is 33.8 Å². The molecule has 0 fully saturated rings. The van der Waals surface area contributed by atoms with Crippen molar-refractivity contribution in [1.82, 2.24) is 10.2 Å². The second kappa shape index (κ2) is 7.73. The number of hydrogen-bond donors (Lipinski definition) is 3. The molecule has 1 aliphatic rings. The molecule has 0 spiro atoms. The third-order valence-electron chi connectivity index (χ3n) is 5.62. The lowest BCUT2D eigenvalue weighted by Crippen LogP contribution is -2.22. The number of nitrogens with one attached hydrogen (secondary N) is 2. The number of carbonyl (C=O) groups is 2. The SMILES string of the molecule is COc1cc(C2CC(=O)Nc3n[nH]cc32)ccc1Oc1ccc(C(=O)O)c2ccccc12. The summed E-state index contributed by atoms with van der Waals surface area (Å²) < 4.78 is 11.7. The summed E-state index contributed by atoms with van der Waals surface area (Å²) in [5.41, 5.74) is 2.02. The molecule has 0 radical (unpaired) electrons. The minimum Gasteiger partial charge on any atom is -0.493 e. The van der Waals surface area contributed by atoms with Crippen LogP contribution in [0, 0.1) is 0 Å². The van der Waals surface area contributed by atoms with Gasteiger partial charge in [-0.15, -0.1) is 0 Å². The van der Waals surface area contributed by atoms with E-state index in [9.17, 15) is 14.7 Å². The number of nitrogens with zero attached hydrogens (tertiary/aromatic N) is 1. The molecule has 3 N–H and O–H groups in total. The molecule has 0 saturated heterocycles. The van der Waals surface area contributed by atoms with Crippen molar-refractivity contribution in [2.45, 2.75) is 12.3 Å². The molecule has 1 aliphatic heterocycles. The number of aromatic nitrogens is 2. The highest BCUT2D eigenvalue weighted by molar-refractivity contribution is 6.05. The van der Waals surface area contributed by atoms with E-state index >= 15 is 0 Å². The first-order chi connectivity index (χ1) is 15.5. The first kappa shape index (κ1) is 19.6. The Bertz CT molecular complexity index is 1360. The van der Waals surface area contributed by atoms with E-state index in [4.69, 9.17) is 9.47 Å². The highest BCUT2D eigenvalue weighted by atomic mass is 16.5. The average Bonchev–Trinajstić information content (AvgIpc) is 3.27. The first-order valence-corrected chi connectivity index (χ1v) is 9.99. The Morgan fingerprint density at radius 3 is 2.62 bits per heavy atom. The molecule has 1 aromatic heterocycles. The minimum absolute atomic E-state index is 0.0983. The summed E-state index contributed by atoms with van der Waals surface area (Å²) in [7, 11) is 1.55. The fourth-order valence-electron chi connectivity index (χ4n) is 4.09. The van der Waals surface area contributed by atoms with Gasteiger partial charge in [-0.2, -0.15) is 5.10 Å². The smallest absolute Gasteiger partial charge is 0.336 e. The van der Waals surface area contributed by atoms with Crippen LogP contribution in [-0.2, 0) is 4.79 Å². The van der Waals surface area contributed by atoms with E-state index in [2.05, 4.69) is 15.5 Å². The van der Waals surface area contributed by atoms with Crippen molar-refractivity contribution in [2.75, 3.05) is 12.4 Å². The molecule has 0 saturated carbocycles. The number of aromatic amines is 1. The van der Waals surface area contributed by atoms with Crippen molar-refractivity contribution in [3.05, 3.63) is 77.5 Å². The van der Waals surface area contributed by atoms with E-state index < -0.39 is 5.97 Å². The van der Waals surface area contributed by atoms with Crippen LogP contribution in [-0.4, -0.2) is 34.3 Å². The molecule has 3 aromatic carbocycles. The van der Waals surface area contributed by atoms with Gasteiger partial charge in [0, 0.05) is 29.5 Å². The van der Waals surface area contributed by atoms with Gasteiger partial charge >= 0.3 is 5.97 Å². The molecule has 0 bridgehead atoms. The molecular weight excluding hydrogens is 410 g/mol. The van der Waals surface area contributed by atoms with Crippen LogP contribution >= 0.6 is 0 Å². The van der Waals surface area contributed by atoms with Crippen molar-refractivity contribution in [3.63, 3.8) is 0 Å². The fraction of sp³-hybridized carbons (Fsp3) is 0.125.